The Morgan fingerprint density at radius 3 is 2.57 bits per heavy atom. The molecular weight excluding hydrogens is 436 g/mol. The number of hydrogen-bond acceptors (Lipinski definition) is 3. The maximum Gasteiger partial charge on any atom is 0.389 e. The van der Waals surface area contributed by atoms with E-state index in [-0.39, 0.29) is 27.2 Å². The van der Waals surface area contributed by atoms with Crippen molar-refractivity contribution in [1.82, 2.24) is 0 Å². The van der Waals surface area contributed by atoms with E-state index in [0.717, 1.165) is 24.4 Å². The molecule has 2 amide bonds. The van der Waals surface area contributed by atoms with E-state index in [0.29, 0.717) is 12.3 Å². The van der Waals surface area contributed by atoms with E-state index < -0.39 is 0 Å². The third kappa shape index (κ3) is 4.39. The van der Waals surface area contributed by atoms with E-state index in [2.05, 4.69) is 44.9 Å². The second-order valence-corrected chi connectivity index (χ2v) is 9.26. The predicted molar refractivity (Wildman–Crippen MR) is 115 cm³/mol. The van der Waals surface area contributed by atoms with Crippen molar-refractivity contribution < 1.29 is 18.6 Å². The molecule has 1 saturated heterocycles. The Morgan fingerprint density at radius 1 is 1.21 bits per heavy atom. The summed E-state index contributed by atoms with van der Waals surface area (Å²) in [6.07, 6.45) is 3.90. The molecule has 1 aliphatic rings. The number of hydrogen-bond donors (Lipinski definition) is 0. The van der Waals surface area contributed by atoms with Crippen LogP contribution in [0.15, 0.2) is 59.8 Å². The van der Waals surface area contributed by atoms with Crippen LogP contribution in [-0.2, 0) is 11.3 Å². The van der Waals surface area contributed by atoms with Crippen LogP contribution in [0.2, 0.25) is 0 Å². The Bertz CT molecular complexity index is 845. The maximum absolute atomic E-state index is 13.2. The standard InChI is InChI=1S/C22H27BrN2O2S/c1-17(21(26)25(22(23)27)14-8-9-18(25)2)16-28-20-12-6-7-13-24(20)15-19-10-4-3-5-11-19/h3-7,10-13,17-18H,8-9,14-16H2,1-2H3/q+2/t17?,18-,25?/m1/s1. The number of imide groups is 1. The first-order valence-electron chi connectivity index (χ1n) is 9.72. The number of rotatable bonds is 6. The highest BCUT2D eigenvalue weighted by Crippen LogP contribution is 2.33. The number of nitrogens with zero attached hydrogens (tertiary/aromatic N) is 2. The van der Waals surface area contributed by atoms with Gasteiger partial charge in [-0.15, -0.1) is 0 Å². The third-order valence-electron chi connectivity index (χ3n) is 5.59. The molecule has 2 aromatic rings. The first-order valence-corrected chi connectivity index (χ1v) is 11.5. The molecule has 0 saturated carbocycles. The number of halogens is 1. The van der Waals surface area contributed by atoms with E-state index in [1.54, 1.807) is 11.8 Å². The number of likely N-dealkylation sites (tertiary alicyclic amines) is 1. The van der Waals surface area contributed by atoms with Gasteiger partial charge in [-0.05, 0) is 19.9 Å². The summed E-state index contributed by atoms with van der Waals surface area (Å²) in [5.74, 6) is 0.493. The summed E-state index contributed by atoms with van der Waals surface area (Å²) in [4.78, 5) is 25.3. The minimum atomic E-state index is -0.197. The molecule has 6 heteroatoms. The molecule has 1 fully saturated rings. The highest BCUT2D eigenvalue weighted by molar-refractivity contribution is 9.18. The van der Waals surface area contributed by atoms with Gasteiger partial charge in [0.15, 0.2) is 12.7 Å². The highest BCUT2D eigenvalue weighted by Gasteiger charge is 2.52. The van der Waals surface area contributed by atoms with Crippen molar-refractivity contribution in [3.8, 4) is 0 Å². The van der Waals surface area contributed by atoms with Gasteiger partial charge >= 0.3 is 10.7 Å². The summed E-state index contributed by atoms with van der Waals surface area (Å²) >= 11 is 4.79. The van der Waals surface area contributed by atoms with E-state index >= 15 is 0 Å². The van der Waals surface area contributed by atoms with Gasteiger partial charge in [-0.25, -0.2) is 9.59 Å². The zero-order chi connectivity index (χ0) is 20.1. The number of carbonyl (C=O) groups is 2. The first kappa shape index (κ1) is 21.2. The number of quaternary nitrogens is 1. The van der Waals surface area contributed by atoms with Gasteiger partial charge in [0, 0.05) is 36.3 Å². The van der Waals surface area contributed by atoms with Crippen LogP contribution in [0.1, 0.15) is 32.3 Å². The average molecular weight is 463 g/mol. The number of amides is 2. The van der Waals surface area contributed by atoms with E-state index in [1.165, 1.54) is 5.56 Å². The van der Waals surface area contributed by atoms with Gasteiger partial charge in [-0.3, -0.25) is 0 Å². The summed E-state index contributed by atoms with van der Waals surface area (Å²) in [6, 6.07) is 16.5. The fourth-order valence-corrected chi connectivity index (χ4v) is 5.66. The number of pyridine rings is 1. The maximum atomic E-state index is 13.2. The Morgan fingerprint density at radius 2 is 1.93 bits per heavy atom. The van der Waals surface area contributed by atoms with Crippen LogP contribution < -0.4 is 4.57 Å². The van der Waals surface area contributed by atoms with Crippen molar-refractivity contribution >= 4 is 38.4 Å². The lowest BCUT2D eigenvalue weighted by molar-refractivity contribution is -0.779. The largest absolute Gasteiger partial charge is 0.389 e. The van der Waals surface area contributed by atoms with Crippen molar-refractivity contribution in [1.29, 1.82) is 0 Å². The van der Waals surface area contributed by atoms with Crippen LogP contribution in [0.5, 0.6) is 0 Å². The minimum Gasteiger partial charge on any atom is -0.230 e. The monoisotopic (exact) mass is 462 g/mol. The first-order chi connectivity index (χ1) is 13.4. The van der Waals surface area contributed by atoms with Gasteiger partial charge in [0.1, 0.15) is 6.04 Å². The second kappa shape index (κ2) is 9.33. The molecule has 4 nitrogen and oxygen atoms in total. The summed E-state index contributed by atoms with van der Waals surface area (Å²) in [5, 5.41) is 1.12. The molecule has 1 aliphatic heterocycles. The van der Waals surface area contributed by atoms with Crippen molar-refractivity contribution in [2.45, 2.75) is 44.3 Å². The molecule has 148 valence electrons. The summed E-state index contributed by atoms with van der Waals surface area (Å²) in [7, 11) is 0. The Balaban J connectivity index is 1.70. The van der Waals surface area contributed by atoms with Gasteiger partial charge in [0.25, 0.3) is 0 Å². The molecule has 0 aliphatic carbocycles. The molecule has 28 heavy (non-hydrogen) atoms. The van der Waals surface area contributed by atoms with Gasteiger partial charge in [-0.2, -0.15) is 9.05 Å². The van der Waals surface area contributed by atoms with Crippen LogP contribution in [0.25, 0.3) is 0 Å². The number of carbonyl (C=O) groups excluding carboxylic acids is 2. The number of aromatic nitrogens is 1. The lowest BCUT2D eigenvalue weighted by Crippen LogP contribution is -2.58. The molecule has 1 aromatic heterocycles. The summed E-state index contributed by atoms with van der Waals surface area (Å²) < 4.78 is 2.15. The van der Waals surface area contributed by atoms with Crippen LogP contribution in [0, 0.1) is 5.92 Å². The quantitative estimate of drug-likeness (QED) is 0.203. The molecule has 2 unspecified atom stereocenters. The van der Waals surface area contributed by atoms with Crippen molar-refractivity contribution in [3.63, 3.8) is 0 Å². The van der Waals surface area contributed by atoms with E-state index in [9.17, 15) is 9.59 Å². The lowest BCUT2D eigenvalue weighted by atomic mass is 10.1. The third-order valence-corrected chi connectivity index (χ3v) is 7.56. The predicted octanol–water partition coefficient (Wildman–Crippen LogP) is 4.79. The zero-order valence-corrected chi connectivity index (χ0v) is 18.8. The van der Waals surface area contributed by atoms with Crippen LogP contribution in [0.4, 0.5) is 4.79 Å². The van der Waals surface area contributed by atoms with Crippen LogP contribution in [0.3, 0.4) is 0 Å². The number of thioether (sulfide) groups is 1. The lowest BCUT2D eigenvalue weighted by Gasteiger charge is -2.32. The van der Waals surface area contributed by atoms with E-state index in [4.69, 9.17) is 0 Å². The summed E-state index contributed by atoms with van der Waals surface area (Å²) in [5.41, 5.74) is 1.24. The molecule has 3 atom stereocenters. The second-order valence-electron chi connectivity index (χ2n) is 7.54. The molecular formula is C22H27BrN2O2S+2. The molecule has 2 heterocycles. The van der Waals surface area contributed by atoms with Crippen LogP contribution in [-0.4, -0.2) is 33.5 Å². The normalized spacial score (nSPS) is 22.8. The SMILES string of the molecule is CC(CSc1cccc[n+]1Cc1ccccc1)C(=O)[N+]1(C(=O)Br)CCC[C@H]1C. The van der Waals surface area contributed by atoms with E-state index in [1.807, 2.05) is 44.2 Å². The van der Waals surface area contributed by atoms with Crippen molar-refractivity contribution in [2.24, 2.45) is 5.92 Å². The minimum absolute atomic E-state index is 0.0323. The molecule has 0 bridgehead atoms. The average Bonchev–Trinajstić information content (AvgIpc) is 3.09. The molecule has 0 spiro atoms. The Hall–Kier alpha value is -1.50. The number of benzene rings is 1. The van der Waals surface area contributed by atoms with Gasteiger partial charge < -0.3 is 0 Å². The molecule has 0 N–H and O–H groups in total. The Labute approximate surface area is 179 Å². The van der Waals surface area contributed by atoms with Crippen molar-refractivity contribution in [2.75, 3.05) is 12.3 Å². The fourth-order valence-electron chi connectivity index (χ4n) is 3.93. The van der Waals surface area contributed by atoms with Crippen molar-refractivity contribution in [3.05, 3.63) is 60.3 Å². The van der Waals surface area contributed by atoms with Crippen LogP contribution >= 0.6 is 27.7 Å². The zero-order valence-electron chi connectivity index (χ0n) is 16.4. The smallest absolute Gasteiger partial charge is 0.230 e. The fraction of sp³-hybridized carbons (Fsp3) is 0.409. The topological polar surface area (TPSA) is 38.0 Å². The Kier molecular flexibility index (Phi) is 7.07. The summed E-state index contributed by atoms with van der Waals surface area (Å²) in [6.45, 7) is 5.36. The molecule has 0 radical (unpaired) electrons. The molecule has 3 rings (SSSR count). The molecule has 1 aromatic carbocycles. The van der Waals surface area contributed by atoms with Gasteiger partial charge in [0.05, 0.1) is 28.4 Å². The van der Waals surface area contributed by atoms with Gasteiger partial charge in [-0.1, -0.05) is 42.1 Å². The van der Waals surface area contributed by atoms with Gasteiger partial charge in [0.2, 0.25) is 5.03 Å². The highest BCUT2D eigenvalue weighted by atomic mass is 79.9.